The van der Waals surface area contributed by atoms with Crippen LogP contribution in [0.3, 0.4) is 0 Å². The van der Waals surface area contributed by atoms with Crippen LogP contribution in [0.1, 0.15) is 12.0 Å². The molecule has 0 aliphatic rings. The molecule has 0 unspecified atom stereocenters. The molecule has 116 valence electrons. The number of nitrogens with zero attached hydrogens (tertiary/aromatic N) is 1. The lowest BCUT2D eigenvalue weighted by Crippen LogP contribution is -2.12. The Kier molecular flexibility index (Phi) is 5.05. The minimum absolute atomic E-state index is 0.0224. The van der Waals surface area contributed by atoms with Gasteiger partial charge in [-0.2, -0.15) is 0 Å². The molecule has 3 nitrogen and oxygen atoms in total. The van der Waals surface area contributed by atoms with E-state index in [4.69, 9.17) is 11.6 Å². The Labute approximate surface area is 144 Å². The molecule has 3 rings (SSSR count). The Balaban J connectivity index is 1.58. The molecule has 1 N–H and O–H groups in total. The van der Waals surface area contributed by atoms with E-state index >= 15 is 0 Å². The average Bonchev–Trinajstić information content (AvgIpc) is 3.03. The molecule has 23 heavy (non-hydrogen) atoms. The lowest BCUT2D eigenvalue weighted by molar-refractivity contribution is -0.116. The summed E-state index contributed by atoms with van der Waals surface area (Å²) in [5, 5.41) is 6.09. The van der Waals surface area contributed by atoms with E-state index in [1.165, 1.54) is 11.3 Å². The Morgan fingerprint density at radius 3 is 2.57 bits per heavy atom. The summed E-state index contributed by atoms with van der Waals surface area (Å²) in [6.45, 7) is 0. The molecular formula is C18H15ClN2OS. The van der Waals surface area contributed by atoms with Crippen LogP contribution < -0.4 is 5.32 Å². The maximum absolute atomic E-state index is 12.0. The second kappa shape index (κ2) is 7.40. The van der Waals surface area contributed by atoms with Crippen molar-refractivity contribution in [3.8, 4) is 11.3 Å². The first-order valence-electron chi connectivity index (χ1n) is 7.26. The lowest BCUT2D eigenvalue weighted by atomic mass is 10.1. The number of aromatic nitrogens is 1. The van der Waals surface area contributed by atoms with Crippen LogP contribution in [0.5, 0.6) is 0 Å². The van der Waals surface area contributed by atoms with E-state index in [0.717, 1.165) is 23.2 Å². The summed E-state index contributed by atoms with van der Waals surface area (Å²) in [6, 6.07) is 17.5. The van der Waals surface area contributed by atoms with Gasteiger partial charge in [-0.25, -0.2) is 4.98 Å². The number of aryl methyl sites for hydroxylation is 1. The molecule has 1 amide bonds. The Hall–Kier alpha value is -2.17. The third kappa shape index (κ3) is 4.41. The monoisotopic (exact) mass is 342 g/mol. The largest absolute Gasteiger partial charge is 0.302 e. The van der Waals surface area contributed by atoms with Crippen molar-refractivity contribution in [2.24, 2.45) is 0 Å². The van der Waals surface area contributed by atoms with E-state index in [1.54, 1.807) is 0 Å². The fourth-order valence-electron chi connectivity index (χ4n) is 2.17. The highest BCUT2D eigenvalue weighted by Gasteiger charge is 2.08. The predicted octanol–water partition coefficient (Wildman–Crippen LogP) is 5.03. The minimum atomic E-state index is -0.0224. The molecule has 0 spiro atoms. The second-order valence-electron chi connectivity index (χ2n) is 5.08. The van der Waals surface area contributed by atoms with E-state index in [2.05, 4.69) is 10.3 Å². The zero-order valence-corrected chi connectivity index (χ0v) is 13.9. The molecule has 0 radical (unpaired) electrons. The predicted molar refractivity (Wildman–Crippen MR) is 96.0 cm³/mol. The van der Waals surface area contributed by atoms with Gasteiger partial charge in [0.05, 0.1) is 5.69 Å². The van der Waals surface area contributed by atoms with Gasteiger partial charge in [-0.15, -0.1) is 11.3 Å². The summed E-state index contributed by atoms with van der Waals surface area (Å²) in [5.74, 6) is -0.0224. The Morgan fingerprint density at radius 1 is 1.09 bits per heavy atom. The fourth-order valence-corrected chi connectivity index (χ4v) is 3.03. The number of nitrogens with one attached hydrogen (secondary N) is 1. The highest BCUT2D eigenvalue weighted by Crippen LogP contribution is 2.26. The van der Waals surface area contributed by atoms with Gasteiger partial charge in [0.25, 0.3) is 0 Å². The van der Waals surface area contributed by atoms with Crippen LogP contribution in [-0.4, -0.2) is 10.9 Å². The molecule has 2 aromatic carbocycles. The van der Waals surface area contributed by atoms with Crippen molar-refractivity contribution < 1.29 is 4.79 Å². The number of carbonyl (C=O) groups excluding carboxylic acids is 1. The van der Waals surface area contributed by atoms with Crippen LogP contribution in [0.25, 0.3) is 11.3 Å². The number of carbonyl (C=O) groups is 1. The SMILES string of the molecule is O=C(CCc1ccccc1)Nc1nc(-c2ccc(Cl)cc2)cs1. The topological polar surface area (TPSA) is 42.0 Å². The fraction of sp³-hybridized carbons (Fsp3) is 0.111. The smallest absolute Gasteiger partial charge is 0.226 e. The molecule has 5 heteroatoms. The van der Waals surface area contributed by atoms with Gasteiger partial charge in [-0.1, -0.05) is 54.1 Å². The summed E-state index contributed by atoms with van der Waals surface area (Å²) in [5.41, 5.74) is 2.98. The van der Waals surface area contributed by atoms with Crippen molar-refractivity contribution in [3.63, 3.8) is 0 Å². The van der Waals surface area contributed by atoms with Crippen molar-refractivity contribution in [1.82, 2.24) is 4.98 Å². The van der Waals surface area contributed by atoms with Crippen LogP contribution in [-0.2, 0) is 11.2 Å². The van der Waals surface area contributed by atoms with E-state index in [1.807, 2.05) is 60.0 Å². The summed E-state index contributed by atoms with van der Waals surface area (Å²) in [7, 11) is 0. The molecule has 0 atom stereocenters. The van der Waals surface area contributed by atoms with E-state index in [9.17, 15) is 4.79 Å². The first-order chi connectivity index (χ1) is 11.2. The number of anilines is 1. The summed E-state index contributed by atoms with van der Waals surface area (Å²) in [6.07, 6.45) is 1.17. The third-order valence-corrected chi connectivity index (χ3v) is 4.38. The van der Waals surface area contributed by atoms with Crippen molar-refractivity contribution >= 4 is 34.0 Å². The van der Waals surface area contributed by atoms with Crippen molar-refractivity contribution in [2.45, 2.75) is 12.8 Å². The molecule has 0 aliphatic carbocycles. The summed E-state index contributed by atoms with van der Waals surface area (Å²) >= 11 is 7.31. The van der Waals surface area contributed by atoms with Crippen molar-refractivity contribution in [3.05, 3.63) is 70.6 Å². The normalized spacial score (nSPS) is 10.5. The maximum atomic E-state index is 12.0. The van der Waals surface area contributed by atoms with Gasteiger partial charge in [-0.3, -0.25) is 4.79 Å². The number of thiazole rings is 1. The first-order valence-corrected chi connectivity index (χ1v) is 8.52. The highest BCUT2D eigenvalue weighted by atomic mass is 35.5. The van der Waals surface area contributed by atoms with Crippen molar-refractivity contribution in [1.29, 1.82) is 0 Å². The average molecular weight is 343 g/mol. The molecule has 0 fully saturated rings. The molecule has 1 aromatic heterocycles. The summed E-state index contributed by atoms with van der Waals surface area (Å²) < 4.78 is 0. The zero-order chi connectivity index (χ0) is 16.1. The van der Waals surface area contributed by atoms with Crippen molar-refractivity contribution in [2.75, 3.05) is 5.32 Å². The van der Waals surface area contributed by atoms with Crippen LogP contribution in [0, 0.1) is 0 Å². The molecule has 0 saturated heterocycles. The standard InChI is InChI=1S/C18H15ClN2OS/c19-15-9-7-14(8-10-15)16-12-23-18(20-16)21-17(22)11-6-13-4-2-1-3-5-13/h1-5,7-10,12H,6,11H2,(H,20,21,22). The minimum Gasteiger partial charge on any atom is -0.302 e. The van der Waals surface area contributed by atoms with Crippen LogP contribution in [0.2, 0.25) is 5.02 Å². The highest BCUT2D eigenvalue weighted by molar-refractivity contribution is 7.14. The van der Waals surface area contributed by atoms with Gasteiger partial charge >= 0.3 is 0 Å². The third-order valence-electron chi connectivity index (χ3n) is 3.37. The van der Waals surface area contributed by atoms with Gasteiger partial charge in [0.2, 0.25) is 5.91 Å². The zero-order valence-electron chi connectivity index (χ0n) is 12.3. The Bertz CT molecular complexity index is 784. The van der Waals surface area contributed by atoms with Gasteiger partial charge in [0, 0.05) is 22.4 Å². The molecule has 0 saturated carbocycles. The van der Waals surface area contributed by atoms with Gasteiger partial charge in [0.1, 0.15) is 0 Å². The van der Waals surface area contributed by atoms with Gasteiger partial charge < -0.3 is 5.32 Å². The Morgan fingerprint density at radius 2 is 1.83 bits per heavy atom. The number of halogens is 1. The molecule has 0 aliphatic heterocycles. The van der Waals surface area contributed by atoms with Gasteiger partial charge in [-0.05, 0) is 24.1 Å². The van der Waals surface area contributed by atoms with Crippen LogP contribution >= 0.6 is 22.9 Å². The lowest BCUT2D eigenvalue weighted by Gasteiger charge is -2.02. The summed E-state index contributed by atoms with van der Waals surface area (Å²) in [4.78, 5) is 16.5. The molecule has 1 heterocycles. The quantitative estimate of drug-likeness (QED) is 0.706. The van der Waals surface area contributed by atoms with E-state index < -0.39 is 0 Å². The molecule has 3 aromatic rings. The molecule has 0 bridgehead atoms. The number of amides is 1. The second-order valence-corrected chi connectivity index (χ2v) is 6.37. The van der Waals surface area contributed by atoms with Crippen LogP contribution in [0.15, 0.2) is 60.0 Å². The molecular weight excluding hydrogens is 328 g/mol. The number of rotatable bonds is 5. The number of hydrogen-bond donors (Lipinski definition) is 1. The van der Waals surface area contributed by atoms with E-state index in [0.29, 0.717) is 16.6 Å². The first kappa shape index (κ1) is 15.7. The van der Waals surface area contributed by atoms with Crippen LogP contribution in [0.4, 0.5) is 5.13 Å². The maximum Gasteiger partial charge on any atom is 0.226 e. The van der Waals surface area contributed by atoms with E-state index in [-0.39, 0.29) is 5.91 Å². The van der Waals surface area contributed by atoms with Gasteiger partial charge in [0.15, 0.2) is 5.13 Å². The number of hydrogen-bond acceptors (Lipinski definition) is 3. The number of benzene rings is 2.